The van der Waals surface area contributed by atoms with Crippen molar-refractivity contribution in [3.63, 3.8) is 0 Å². The van der Waals surface area contributed by atoms with Gasteiger partial charge in [-0.15, -0.1) is 0 Å². The Morgan fingerprint density at radius 1 is 1.31 bits per heavy atom. The lowest BCUT2D eigenvalue weighted by molar-refractivity contribution is -0.385. The molecule has 0 aliphatic carbocycles. The van der Waals surface area contributed by atoms with Gasteiger partial charge in [0, 0.05) is 30.2 Å². The number of nitro groups is 1. The molecule has 2 aromatic carbocycles. The average Bonchev–Trinajstić information content (AvgIpc) is 3.10. The van der Waals surface area contributed by atoms with Gasteiger partial charge in [0.15, 0.2) is 5.78 Å². The number of fused-ring (bicyclic) bond motifs is 1. The number of methoxy groups -OCH3 is 1. The zero-order chi connectivity index (χ0) is 20.8. The van der Waals surface area contributed by atoms with Crippen molar-refractivity contribution in [2.75, 3.05) is 20.2 Å². The summed E-state index contributed by atoms with van der Waals surface area (Å²) in [5.41, 5.74) is 0.249. The normalized spacial score (nSPS) is 20.3. The fourth-order valence-corrected chi connectivity index (χ4v) is 4.07. The van der Waals surface area contributed by atoms with Crippen molar-refractivity contribution < 1.29 is 24.0 Å². The van der Waals surface area contributed by atoms with E-state index in [-0.39, 0.29) is 30.3 Å². The zero-order valence-electron chi connectivity index (χ0n) is 16.1. The Bertz CT molecular complexity index is 1030. The fraction of sp³-hybridized carbons (Fsp3) is 0.333. The molecule has 2 aromatic rings. The number of Topliss-reactive ketones (excluding diaryl/α,β-unsaturated/α-hetero) is 1. The summed E-state index contributed by atoms with van der Waals surface area (Å²) in [7, 11) is 1.54. The Hall–Kier alpha value is -3.42. The van der Waals surface area contributed by atoms with Gasteiger partial charge < -0.3 is 14.4 Å². The molecule has 8 nitrogen and oxygen atoms in total. The average molecular weight is 396 g/mol. The molecule has 1 amide bonds. The van der Waals surface area contributed by atoms with Gasteiger partial charge >= 0.3 is 0 Å². The summed E-state index contributed by atoms with van der Waals surface area (Å²) in [6.45, 7) is 2.24. The third-order valence-corrected chi connectivity index (χ3v) is 5.63. The van der Waals surface area contributed by atoms with Gasteiger partial charge in [0.05, 0.1) is 30.6 Å². The highest BCUT2D eigenvalue weighted by Gasteiger charge is 2.47. The van der Waals surface area contributed by atoms with Gasteiger partial charge in [-0.05, 0) is 31.2 Å². The molecular formula is C21H20N2O6. The van der Waals surface area contributed by atoms with Crippen LogP contribution in [-0.2, 0) is 0 Å². The monoisotopic (exact) mass is 396 g/mol. The number of ether oxygens (including phenoxy) is 2. The van der Waals surface area contributed by atoms with Crippen molar-refractivity contribution >= 4 is 17.4 Å². The van der Waals surface area contributed by atoms with Gasteiger partial charge in [-0.3, -0.25) is 19.7 Å². The molecule has 2 aliphatic heterocycles. The smallest absolute Gasteiger partial charge is 0.273 e. The van der Waals surface area contributed by atoms with Gasteiger partial charge in [0.1, 0.15) is 17.1 Å². The number of amides is 1. The van der Waals surface area contributed by atoms with Crippen molar-refractivity contribution in [1.29, 1.82) is 0 Å². The van der Waals surface area contributed by atoms with Crippen LogP contribution in [0.1, 0.15) is 39.1 Å². The number of likely N-dealkylation sites (tertiary alicyclic amines) is 1. The van der Waals surface area contributed by atoms with E-state index in [1.54, 1.807) is 36.1 Å². The van der Waals surface area contributed by atoms with E-state index in [1.807, 2.05) is 0 Å². The molecule has 1 fully saturated rings. The van der Waals surface area contributed by atoms with E-state index in [1.165, 1.54) is 19.2 Å². The topological polar surface area (TPSA) is 99.0 Å². The van der Waals surface area contributed by atoms with Crippen molar-refractivity contribution in [2.45, 2.75) is 25.4 Å². The fourth-order valence-electron chi connectivity index (χ4n) is 4.07. The summed E-state index contributed by atoms with van der Waals surface area (Å²) in [5, 5.41) is 11.2. The van der Waals surface area contributed by atoms with Crippen LogP contribution in [0.5, 0.6) is 11.5 Å². The molecule has 8 heteroatoms. The predicted octanol–water partition coefficient (Wildman–Crippen LogP) is 3.16. The first-order valence-corrected chi connectivity index (χ1v) is 9.27. The highest BCUT2D eigenvalue weighted by Crippen LogP contribution is 2.40. The molecule has 2 aliphatic rings. The van der Waals surface area contributed by atoms with Gasteiger partial charge in [0.2, 0.25) is 0 Å². The van der Waals surface area contributed by atoms with Crippen LogP contribution in [0.25, 0.3) is 0 Å². The van der Waals surface area contributed by atoms with Gasteiger partial charge in [0.25, 0.3) is 11.6 Å². The van der Waals surface area contributed by atoms with Crippen LogP contribution in [0.3, 0.4) is 0 Å². The molecule has 29 heavy (non-hydrogen) atoms. The van der Waals surface area contributed by atoms with Gasteiger partial charge in [-0.2, -0.15) is 0 Å². The summed E-state index contributed by atoms with van der Waals surface area (Å²) in [5.74, 6) is 0.731. The molecule has 1 spiro atoms. The number of hydrogen-bond donors (Lipinski definition) is 0. The van der Waals surface area contributed by atoms with E-state index >= 15 is 0 Å². The van der Waals surface area contributed by atoms with Crippen LogP contribution < -0.4 is 9.47 Å². The lowest BCUT2D eigenvalue weighted by Gasteiger charge is -2.34. The largest absolute Gasteiger partial charge is 0.497 e. The molecule has 150 valence electrons. The van der Waals surface area contributed by atoms with Crippen LogP contribution in [0.15, 0.2) is 36.4 Å². The number of benzene rings is 2. The molecule has 1 unspecified atom stereocenters. The molecule has 2 heterocycles. The Labute approximate surface area is 167 Å². The lowest BCUT2D eigenvalue weighted by atomic mass is 9.89. The lowest BCUT2D eigenvalue weighted by Crippen LogP contribution is -2.45. The maximum absolute atomic E-state index is 13.0. The third kappa shape index (κ3) is 3.20. The second-order valence-corrected chi connectivity index (χ2v) is 7.43. The van der Waals surface area contributed by atoms with Crippen molar-refractivity contribution in [3.05, 3.63) is 63.2 Å². The predicted molar refractivity (Wildman–Crippen MR) is 104 cm³/mol. The summed E-state index contributed by atoms with van der Waals surface area (Å²) >= 11 is 0. The van der Waals surface area contributed by atoms with Crippen molar-refractivity contribution in [2.24, 2.45) is 0 Å². The number of nitrogens with zero attached hydrogens (tertiary/aromatic N) is 2. The Morgan fingerprint density at radius 2 is 2.10 bits per heavy atom. The number of ketones is 1. The maximum Gasteiger partial charge on any atom is 0.273 e. The van der Waals surface area contributed by atoms with E-state index in [0.29, 0.717) is 41.2 Å². The van der Waals surface area contributed by atoms with Crippen molar-refractivity contribution in [1.82, 2.24) is 4.90 Å². The van der Waals surface area contributed by atoms with Gasteiger partial charge in [-0.1, -0.05) is 6.07 Å². The number of nitro benzene ring substituents is 1. The number of carbonyl (C=O) groups is 2. The Morgan fingerprint density at radius 3 is 2.83 bits per heavy atom. The molecule has 0 radical (unpaired) electrons. The minimum absolute atomic E-state index is 0.0500. The van der Waals surface area contributed by atoms with Crippen LogP contribution in [-0.4, -0.2) is 47.3 Å². The Balaban J connectivity index is 1.58. The molecule has 0 N–H and O–H groups in total. The summed E-state index contributed by atoms with van der Waals surface area (Å²) in [6.07, 6.45) is 0.689. The molecule has 1 saturated heterocycles. The summed E-state index contributed by atoms with van der Waals surface area (Å²) < 4.78 is 11.4. The zero-order valence-corrected chi connectivity index (χ0v) is 16.1. The molecule has 4 rings (SSSR count). The number of rotatable bonds is 3. The first-order valence-electron chi connectivity index (χ1n) is 9.27. The van der Waals surface area contributed by atoms with E-state index < -0.39 is 10.5 Å². The highest BCUT2D eigenvalue weighted by molar-refractivity contribution is 6.01. The van der Waals surface area contributed by atoms with Crippen LogP contribution in [0.2, 0.25) is 0 Å². The minimum Gasteiger partial charge on any atom is -0.497 e. The second-order valence-electron chi connectivity index (χ2n) is 7.43. The molecule has 0 aromatic heterocycles. The SMILES string of the molecule is COc1ccc2c(c1)C(=O)CC1(CCN(C(=O)c3cccc([N+](=O)[O-])c3C)C1)O2. The highest BCUT2D eigenvalue weighted by atomic mass is 16.6. The quantitative estimate of drug-likeness (QED) is 0.584. The molecule has 1 atom stereocenters. The molecule has 0 saturated carbocycles. The van der Waals surface area contributed by atoms with E-state index in [2.05, 4.69) is 0 Å². The minimum atomic E-state index is -0.775. The van der Waals surface area contributed by atoms with Crippen molar-refractivity contribution in [3.8, 4) is 11.5 Å². The summed E-state index contributed by atoms with van der Waals surface area (Å²) in [4.78, 5) is 38.0. The second kappa shape index (κ2) is 6.88. The van der Waals surface area contributed by atoms with Crippen LogP contribution in [0, 0.1) is 17.0 Å². The number of hydrogen-bond acceptors (Lipinski definition) is 6. The standard InChI is InChI=1S/C21H20N2O6/c1-13-15(4-3-5-17(13)23(26)27)20(25)22-9-8-21(12-22)11-18(24)16-10-14(28-2)6-7-19(16)29-21/h3-7,10H,8-9,11-12H2,1-2H3. The van der Waals surface area contributed by atoms with Gasteiger partial charge in [-0.25, -0.2) is 0 Å². The third-order valence-electron chi connectivity index (χ3n) is 5.63. The number of carbonyl (C=O) groups excluding carboxylic acids is 2. The first-order chi connectivity index (χ1) is 13.8. The first kappa shape index (κ1) is 18.9. The maximum atomic E-state index is 13.0. The van der Waals surface area contributed by atoms with E-state index in [4.69, 9.17) is 9.47 Å². The van der Waals surface area contributed by atoms with E-state index in [0.717, 1.165) is 0 Å². The molecular weight excluding hydrogens is 376 g/mol. The molecule has 0 bridgehead atoms. The summed E-state index contributed by atoms with van der Waals surface area (Å²) in [6, 6.07) is 9.58. The Kier molecular flexibility index (Phi) is 4.49. The van der Waals surface area contributed by atoms with E-state index in [9.17, 15) is 19.7 Å². The van der Waals surface area contributed by atoms with Crippen LogP contribution in [0.4, 0.5) is 5.69 Å². The van der Waals surface area contributed by atoms with Crippen LogP contribution >= 0.6 is 0 Å².